The molecule has 2 aliphatic heterocycles. The van der Waals surface area contributed by atoms with Gasteiger partial charge in [-0.3, -0.25) is 19.7 Å². The summed E-state index contributed by atoms with van der Waals surface area (Å²) in [5.74, 6) is 7.47. The Hall–Kier alpha value is -3.60. The van der Waals surface area contributed by atoms with Gasteiger partial charge in [-0.25, -0.2) is 10.6 Å². The number of piperidine rings is 1. The number of hydrogen-bond donors (Lipinski definition) is 3. The number of piperazine rings is 1. The average molecular weight is 533 g/mol. The minimum atomic E-state index is -0.407. The number of hydrazine groups is 1. The second-order valence-corrected chi connectivity index (χ2v) is 11.8. The van der Waals surface area contributed by atoms with E-state index >= 15 is 0 Å². The number of carbonyl (C=O) groups excluding carboxylic acids is 3. The smallest absolute Gasteiger partial charge is 0.329 e. The molecule has 4 fully saturated rings. The van der Waals surface area contributed by atoms with Crippen LogP contribution in [0.15, 0.2) is 18.2 Å². The first kappa shape index (κ1) is 24.4. The molecule has 4 atom stereocenters. The van der Waals surface area contributed by atoms with E-state index in [1.165, 1.54) is 16.8 Å². The molecule has 2 unspecified atom stereocenters. The van der Waals surface area contributed by atoms with Gasteiger partial charge in [0, 0.05) is 68.2 Å². The van der Waals surface area contributed by atoms with Gasteiger partial charge < -0.3 is 20.0 Å². The van der Waals surface area contributed by atoms with Crippen LogP contribution >= 0.6 is 0 Å². The first-order valence-corrected chi connectivity index (χ1v) is 14.1. The Bertz CT molecular complexity index is 1340. The maximum absolute atomic E-state index is 13.6. The van der Waals surface area contributed by atoms with E-state index in [9.17, 15) is 14.4 Å². The molecule has 3 heterocycles. The lowest BCUT2D eigenvalue weighted by Crippen LogP contribution is -2.50. The third-order valence-electron chi connectivity index (χ3n) is 9.79. The van der Waals surface area contributed by atoms with Crippen LogP contribution in [-0.2, 0) is 11.3 Å². The van der Waals surface area contributed by atoms with Crippen molar-refractivity contribution >= 4 is 23.5 Å². The quantitative estimate of drug-likeness (QED) is 0.300. The van der Waals surface area contributed by atoms with Crippen molar-refractivity contribution < 1.29 is 14.4 Å². The lowest BCUT2D eigenvalue weighted by Gasteiger charge is -2.37. The summed E-state index contributed by atoms with van der Waals surface area (Å²) < 4.78 is 1.85. The van der Waals surface area contributed by atoms with E-state index in [4.69, 9.17) is 10.9 Å². The Morgan fingerprint density at radius 2 is 1.69 bits per heavy atom. The summed E-state index contributed by atoms with van der Waals surface area (Å²) in [4.78, 5) is 44.6. The van der Waals surface area contributed by atoms with Crippen molar-refractivity contribution in [1.82, 2.24) is 30.3 Å². The number of aromatic nitrogens is 2. The Balaban J connectivity index is 1.01. The van der Waals surface area contributed by atoms with Crippen molar-refractivity contribution in [3.05, 3.63) is 46.3 Å². The van der Waals surface area contributed by atoms with E-state index in [1.807, 2.05) is 14.5 Å². The van der Waals surface area contributed by atoms with Gasteiger partial charge in [0.25, 0.3) is 5.91 Å². The van der Waals surface area contributed by atoms with Gasteiger partial charge in [0.2, 0.25) is 5.91 Å². The Morgan fingerprint density at radius 1 is 0.974 bits per heavy atom. The average Bonchev–Trinajstić information content (AvgIpc) is 3.72. The minimum Gasteiger partial charge on any atom is -0.368 e. The predicted octanol–water partition coefficient (Wildman–Crippen LogP) is 1.07. The van der Waals surface area contributed by atoms with Gasteiger partial charge in [0.05, 0.1) is 0 Å². The SMILES string of the molecule is Cc1cccc(N2CCN(C(=O)Cn3nc(C(=O)N4CCC(NC(=O)NN)CC4)c4c3C3C5[C@H]3[C@H]45)CC2)c1C. The molecule has 0 spiro atoms. The number of nitrogens with zero attached hydrogens (tertiary/aromatic N) is 5. The van der Waals surface area contributed by atoms with Crippen molar-refractivity contribution in [2.75, 3.05) is 44.2 Å². The fraction of sp³-hybridized carbons (Fsp3) is 0.571. The largest absolute Gasteiger partial charge is 0.368 e. The molecule has 4 N–H and O–H groups in total. The van der Waals surface area contributed by atoms with Crippen molar-refractivity contribution in [2.24, 2.45) is 17.7 Å². The minimum absolute atomic E-state index is 0.00829. The third kappa shape index (κ3) is 3.89. The summed E-state index contributed by atoms with van der Waals surface area (Å²) >= 11 is 0. The highest BCUT2D eigenvalue weighted by Crippen LogP contribution is 2.88. The van der Waals surface area contributed by atoms with Crippen LogP contribution in [-0.4, -0.2) is 82.7 Å². The lowest BCUT2D eigenvalue weighted by atomic mass is 10.0. The summed E-state index contributed by atoms with van der Waals surface area (Å²) in [6, 6.07) is 5.98. The zero-order valence-corrected chi connectivity index (χ0v) is 22.5. The van der Waals surface area contributed by atoms with Gasteiger partial charge in [0.1, 0.15) is 6.54 Å². The van der Waals surface area contributed by atoms with Crippen LogP contribution < -0.4 is 21.5 Å². The number of likely N-dealkylation sites (tertiary alicyclic amines) is 1. The van der Waals surface area contributed by atoms with E-state index in [1.54, 1.807) is 0 Å². The van der Waals surface area contributed by atoms with E-state index in [-0.39, 0.29) is 24.4 Å². The van der Waals surface area contributed by atoms with Crippen LogP contribution in [0.4, 0.5) is 10.5 Å². The number of anilines is 1. The summed E-state index contributed by atoms with van der Waals surface area (Å²) in [6.07, 6.45) is 1.35. The van der Waals surface area contributed by atoms with Crippen LogP contribution in [0.25, 0.3) is 0 Å². The molecule has 4 aliphatic carbocycles. The fourth-order valence-corrected chi connectivity index (χ4v) is 7.32. The van der Waals surface area contributed by atoms with Gasteiger partial charge in [-0.15, -0.1) is 0 Å². The van der Waals surface area contributed by atoms with Gasteiger partial charge in [-0.2, -0.15) is 5.10 Å². The molecule has 2 bridgehead atoms. The molecule has 11 heteroatoms. The molecule has 206 valence electrons. The third-order valence-corrected chi connectivity index (χ3v) is 9.79. The molecule has 2 saturated carbocycles. The van der Waals surface area contributed by atoms with Gasteiger partial charge in [-0.05, 0) is 61.6 Å². The zero-order valence-electron chi connectivity index (χ0n) is 22.5. The highest BCUT2D eigenvalue weighted by atomic mass is 16.2. The van der Waals surface area contributed by atoms with E-state index in [0.717, 1.165) is 24.3 Å². The number of benzene rings is 1. The van der Waals surface area contributed by atoms with Crippen molar-refractivity contribution in [1.29, 1.82) is 0 Å². The predicted molar refractivity (Wildman–Crippen MR) is 144 cm³/mol. The van der Waals surface area contributed by atoms with Crippen LogP contribution in [0.2, 0.25) is 0 Å². The Labute approximate surface area is 227 Å². The highest BCUT2D eigenvalue weighted by molar-refractivity contribution is 5.96. The zero-order chi connectivity index (χ0) is 27.0. The van der Waals surface area contributed by atoms with Crippen LogP contribution in [0.3, 0.4) is 0 Å². The van der Waals surface area contributed by atoms with Gasteiger partial charge in [0.15, 0.2) is 5.69 Å². The molecule has 0 radical (unpaired) electrons. The first-order chi connectivity index (χ1) is 18.9. The lowest BCUT2D eigenvalue weighted by molar-refractivity contribution is -0.132. The highest BCUT2D eigenvalue weighted by Gasteiger charge is 2.81. The van der Waals surface area contributed by atoms with Crippen molar-refractivity contribution in [2.45, 2.75) is 51.1 Å². The Morgan fingerprint density at radius 3 is 2.38 bits per heavy atom. The normalized spacial score (nSPS) is 26.7. The standard InChI is InChI=1S/C28H36N8O3/c1-15-4-3-5-18(16(15)2)33-10-12-34(13-11-33)19(37)14-36-26-23-20-21(23)22(20)24(26)25(32-36)27(38)35-8-6-17(7-9-35)30-28(39)31-29/h3-5,17,20-23H,6-14,29H2,1-2H3,(H2,30,31,39)/t20-,21?,22-,23?/m0/s1. The first-order valence-electron chi connectivity index (χ1n) is 14.1. The molecule has 8 rings (SSSR count). The van der Waals surface area contributed by atoms with Crippen LogP contribution in [0.1, 0.15) is 57.6 Å². The molecule has 2 aromatic rings. The number of nitrogens with two attached hydrogens (primary N) is 1. The number of hydrogen-bond acceptors (Lipinski definition) is 6. The van der Waals surface area contributed by atoms with Crippen molar-refractivity contribution in [3.8, 4) is 0 Å². The second kappa shape index (κ2) is 8.97. The maximum atomic E-state index is 13.6. The van der Waals surface area contributed by atoms with Crippen LogP contribution in [0, 0.1) is 25.7 Å². The summed E-state index contributed by atoms with van der Waals surface area (Å²) in [6.45, 7) is 8.59. The number of rotatable bonds is 5. The molecule has 6 aliphatic rings. The number of urea groups is 1. The number of amides is 4. The number of carbonyl (C=O) groups is 3. The molecule has 4 amide bonds. The van der Waals surface area contributed by atoms with E-state index in [2.05, 4.69) is 47.7 Å². The molecular formula is C28H36N8O3. The van der Waals surface area contributed by atoms with E-state index < -0.39 is 6.03 Å². The topological polar surface area (TPSA) is 129 Å². The molecule has 39 heavy (non-hydrogen) atoms. The summed E-state index contributed by atoms with van der Waals surface area (Å²) in [5, 5.41) is 7.59. The van der Waals surface area contributed by atoms with Gasteiger partial charge >= 0.3 is 6.03 Å². The Kier molecular flexibility index (Phi) is 5.62. The van der Waals surface area contributed by atoms with Crippen molar-refractivity contribution in [3.63, 3.8) is 0 Å². The summed E-state index contributed by atoms with van der Waals surface area (Å²) in [5.41, 5.74) is 8.70. The van der Waals surface area contributed by atoms with Gasteiger partial charge in [-0.1, -0.05) is 12.1 Å². The number of aryl methyl sites for hydroxylation is 1. The molecule has 2 saturated heterocycles. The molecule has 1 aromatic heterocycles. The monoisotopic (exact) mass is 532 g/mol. The van der Waals surface area contributed by atoms with Crippen LogP contribution in [0.5, 0.6) is 0 Å². The summed E-state index contributed by atoms with van der Waals surface area (Å²) in [7, 11) is 0. The molecule has 11 nitrogen and oxygen atoms in total. The second-order valence-electron chi connectivity index (χ2n) is 11.8. The fourth-order valence-electron chi connectivity index (χ4n) is 7.32. The van der Waals surface area contributed by atoms with E-state index in [0.29, 0.717) is 68.4 Å². The maximum Gasteiger partial charge on any atom is 0.329 e. The molecule has 1 aromatic carbocycles. The molecular weight excluding hydrogens is 496 g/mol. The number of nitrogens with one attached hydrogen (secondary N) is 2.